The van der Waals surface area contributed by atoms with Gasteiger partial charge < -0.3 is 5.73 Å². The number of nitrogens with one attached hydrogen (secondary N) is 1. The Hall–Kier alpha value is -3.66. The quantitative estimate of drug-likeness (QED) is 0.239. The van der Waals surface area contributed by atoms with Gasteiger partial charge in [0.1, 0.15) is 17.3 Å². The van der Waals surface area contributed by atoms with Crippen LogP contribution in [0.15, 0.2) is 59.6 Å². The van der Waals surface area contributed by atoms with Gasteiger partial charge in [0.25, 0.3) is 15.5 Å². The normalized spacial score (nSPS) is 12.3. The van der Waals surface area contributed by atoms with Gasteiger partial charge in [0.15, 0.2) is 0 Å². The number of rotatable bonds is 4. The molecular formula is C23H25FN5O3S+. The third-order valence-electron chi connectivity index (χ3n) is 5.30. The molecule has 0 spiro atoms. The SMILES string of the molecule is Cc1cc(NS(=O)(=O)c2ccc(C(C)(C)C)c(F)c2)n(-c2ccc(N)c3c2ccc[n+]3O)n1. The van der Waals surface area contributed by atoms with Crippen molar-refractivity contribution in [3.8, 4) is 5.69 Å². The molecule has 10 heteroatoms. The maximum atomic E-state index is 14.7. The molecule has 4 aromatic rings. The minimum Gasteiger partial charge on any atom is -0.393 e. The summed E-state index contributed by atoms with van der Waals surface area (Å²) in [7, 11) is -4.11. The number of hydrogen-bond acceptors (Lipinski definition) is 5. The van der Waals surface area contributed by atoms with Gasteiger partial charge >= 0.3 is 0 Å². The molecule has 0 unspecified atom stereocenters. The largest absolute Gasteiger partial charge is 0.393 e. The molecule has 4 N–H and O–H groups in total. The van der Waals surface area contributed by atoms with Gasteiger partial charge in [0.05, 0.1) is 21.7 Å². The van der Waals surface area contributed by atoms with Gasteiger partial charge in [-0.05, 0) is 48.2 Å². The zero-order valence-corrected chi connectivity index (χ0v) is 19.5. The van der Waals surface area contributed by atoms with E-state index in [1.807, 2.05) is 20.8 Å². The zero-order chi connectivity index (χ0) is 24.1. The van der Waals surface area contributed by atoms with Crippen LogP contribution in [0.25, 0.3) is 16.6 Å². The van der Waals surface area contributed by atoms with Gasteiger partial charge in [0, 0.05) is 16.9 Å². The second-order valence-electron chi connectivity index (χ2n) is 8.87. The number of hydrogen-bond donors (Lipinski definition) is 3. The molecule has 2 aromatic carbocycles. The number of aromatic nitrogens is 3. The van der Waals surface area contributed by atoms with Gasteiger partial charge in [-0.25, -0.2) is 17.5 Å². The molecule has 0 saturated heterocycles. The molecule has 0 atom stereocenters. The van der Waals surface area contributed by atoms with Crippen LogP contribution < -0.4 is 15.2 Å². The Bertz CT molecular complexity index is 1480. The van der Waals surface area contributed by atoms with E-state index in [2.05, 4.69) is 9.82 Å². The van der Waals surface area contributed by atoms with Crippen molar-refractivity contribution < 1.29 is 22.7 Å². The van der Waals surface area contributed by atoms with Crippen molar-refractivity contribution in [3.63, 3.8) is 0 Å². The predicted octanol–water partition coefficient (Wildman–Crippen LogP) is 3.68. The molecule has 0 amide bonds. The lowest BCUT2D eigenvalue weighted by atomic mass is 9.87. The number of pyridine rings is 1. The van der Waals surface area contributed by atoms with Crippen LogP contribution in [0, 0.1) is 12.7 Å². The van der Waals surface area contributed by atoms with Gasteiger partial charge in [-0.15, -0.1) is 0 Å². The molecule has 4 rings (SSSR count). The number of nitrogens with zero attached hydrogens (tertiary/aromatic N) is 3. The first-order valence-electron chi connectivity index (χ1n) is 10.2. The number of aryl methyl sites for hydroxylation is 1. The van der Waals surface area contributed by atoms with Crippen LogP contribution in [0.1, 0.15) is 32.0 Å². The van der Waals surface area contributed by atoms with Crippen LogP contribution in [-0.2, 0) is 15.4 Å². The summed E-state index contributed by atoms with van der Waals surface area (Å²) in [6.07, 6.45) is 1.44. The maximum absolute atomic E-state index is 14.7. The van der Waals surface area contributed by atoms with E-state index in [0.717, 1.165) is 10.8 Å². The number of nitrogens with two attached hydrogens (primary N) is 1. The first kappa shape index (κ1) is 22.5. The van der Waals surface area contributed by atoms with E-state index in [-0.39, 0.29) is 10.7 Å². The lowest BCUT2D eigenvalue weighted by molar-refractivity contribution is -0.884. The fourth-order valence-corrected chi connectivity index (χ4v) is 4.78. The summed E-state index contributed by atoms with van der Waals surface area (Å²) in [5.41, 5.74) is 7.75. The maximum Gasteiger partial charge on any atom is 0.289 e. The smallest absolute Gasteiger partial charge is 0.289 e. The van der Waals surface area contributed by atoms with Crippen molar-refractivity contribution >= 4 is 32.4 Å². The van der Waals surface area contributed by atoms with E-state index < -0.39 is 21.3 Å². The molecule has 0 aliphatic rings. The third-order valence-corrected chi connectivity index (χ3v) is 6.65. The van der Waals surface area contributed by atoms with Gasteiger partial charge in [-0.3, -0.25) is 9.93 Å². The van der Waals surface area contributed by atoms with Crippen molar-refractivity contribution in [2.75, 3.05) is 10.5 Å². The first-order chi connectivity index (χ1) is 15.4. The lowest BCUT2D eigenvalue weighted by Crippen LogP contribution is -2.31. The highest BCUT2D eigenvalue weighted by molar-refractivity contribution is 7.92. The Balaban J connectivity index is 1.80. The van der Waals surface area contributed by atoms with E-state index in [4.69, 9.17) is 5.73 Å². The Labute approximate surface area is 191 Å². The number of nitrogen functional groups attached to an aromatic ring is 1. The Morgan fingerprint density at radius 1 is 1.15 bits per heavy atom. The van der Waals surface area contributed by atoms with Gasteiger partial charge in [-0.2, -0.15) is 5.10 Å². The van der Waals surface area contributed by atoms with Crippen LogP contribution in [0.5, 0.6) is 0 Å². The fourth-order valence-electron chi connectivity index (χ4n) is 3.74. The molecule has 33 heavy (non-hydrogen) atoms. The topological polar surface area (TPSA) is 114 Å². The standard InChI is InChI=1S/C23H25FN5O3S/c1-14-12-21(27-33(31,32)15-7-8-17(18(24)13-15)23(2,3)4)29(26-14)20-10-9-19(25)22-16(20)6-5-11-28(22)30/h5-13,27,30H,25H2,1-4H3/q+1. The van der Waals surface area contributed by atoms with Crippen molar-refractivity contribution in [3.05, 3.63) is 71.8 Å². The highest BCUT2D eigenvalue weighted by atomic mass is 32.2. The monoisotopic (exact) mass is 470 g/mol. The van der Waals surface area contributed by atoms with E-state index >= 15 is 0 Å². The summed E-state index contributed by atoms with van der Waals surface area (Å²) in [5, 5.41) is 15.2. The minimum absolute atomic E-state index is 0.159. The predicted molar refractivity (Wildman–Crippen MR) is 124 cm³/mol. The summed E-state index contributed by atoms with van der Waals surface area (Å²) >= 11 is 0. The summed E-state index contributed by atoms with van der Waals surface area (Å²) in [6, 6.07) is 12.1. The van der Waals surface area contributed by atoms with E-state index in [1.54, 1.807) is 37.3 Å². The molecule has 2 aromatic heterocycles. The minimum atomic E-state index is -4.11. The summed E-state index contributed by atoms with van der Waals surface area (Å²) < 4.78 is 45.7. The van der Waals surface area contributed by atoms with Crippen LogP contribution in [0.3, 0.4) is 0 Å². The van der Waals surface area contributed by atoms with Crippen LogP contribution >= 0.6 is 0 Å². The second-order valence-corrected chi connectivity index (χ2v) is 10.6. The van der Waals surface area contributed by atoms with Crippen LogP contribution in [0.2, 0.25) is 0 Å². The number of sulfonamides is 1. The van der Waals surface area contributed by atoms with Crippen LogP contribution in [-0.4, -0.2) is 23.4 Å². The van der Waals surface area contributed by atoms with E-state index in [0.29, 0.717) is 33.5 Å². The number of halogens is 1. The fraction of sp³-hybridized carbons (Fsp3) is 0.217. The van der Waals surface area contributed by atoms with E-state index in [1.165, 1.54) is 23.0 Å². The number of anilines is 2. The van der Waals surface area contributed by atoms with Gasteiger partial charge in [0.2, 0.25) is 6.20 Å². The molecule has 2 heterocycles. The summed E-state index contributed by atoms with van der Waals surface area (Å²) in [4.78, 5) is -0.200. The molecule has 0 bridgehead atoms. The van der Waals surface area contributed by atoms with Crippen LogP contribution in [0.4, 0.5) is 15.9 Å². The van der Waals surface area contributed by atoms with Crippen molar-refractivity contribution in [1.82, 2.24) is 9.78 Å². The number of fused-ring (bicyclic) bond motifs is 1. The van der Waals surface area contributed by atoms with Gasteiger partial charge in [-0.1, -0.05) is 26.8 Å². The lowest BCUT2D eigenvalue weighted by Gasteiger charge is -2.20. The molecular weight excluding hydrogens is 445 g/mol. The summed E-state index contributed by atoms with van der Waals surface area (Å²) in [6.45, 7) is 7.28. The molecule has 8 nitrogen and oxygen atoms in total. The Morgan fingerprint density at radius 3 is 2.55 bits per heavy atom. The highest BCUT2D eigenvalue weighted by Crippen LogP contribution is 2.30. The van der Waals surface area contributed by atoms with Crippen molar-refractivity contribution in [1.29, 1.82) is 0 Å². The molecule has 172 valence electrons. The molecule has 0 aliphatic heterocycles. The molecule has 0 saturated carbocycles. The first-order valence-corrected chi connectivity index (χ1v) is 11.7. The third kappa shape index (κ3) is 4.09. The zero-order valence-electron chi connectivity index (χ0n) is 18.7. The Morgan fingerprint density at radius 2 is 1.88 bits per heavy atom. The Kier molecular flexibility index (Phi) is 5.28. The average molecular weight is 471 g/mol. The van der Waals surface area contributed by atoms with Crippen molar-refractivity contribution in [2.45, 2.75) is 38.0 Å². The highest BCUT2D eigenvalue weighted by Gasteiger charge is 2.24. The molecule has 0 fully saturated rings. The molecule has 0 aliphatic carbocycles. The average Bonchev–Trinajstić information content (AvgIpc) is 3.06. The summed E-state index contributed by atoms with van der Waals surface area (Å²) in [5.74, 6) is -0.431. The van der Waals surface area contributed by atoms with E-state index in [9.17, 15) is 18.0 Å². The molecule has 0 radical (unpaired) electrons. The number of benzene rings is 2. The van der Waals surface area contributed by atoms with Crippen molar-refractivity contribution in [2.24, 2.45) is 0 Å². The second kappa shape index (κ2) is 7.73.